The van der Waals surface area contributed by atoms with Gasteiger partial charge in [0.05, 0.1) is 5.56 Å². The number of carboxylic acids is 1. The van der Waals surface area contributed by atoms with Gasteiger partial charge in [0, 0.05) is 19.2 Å². The third-order valence-electron chi connectivity index (χ3n) is 2.96. The summed E-state index contributed by atoms with van der Waals surface area (Å²) < 4.78 is 0. The molecule has 6 nitrogen and oxygen atoms in total. The van der Waals surface area contributed by atoms with E-state index < -0.39 is 17.9 Å². The maximum atomic E-state index is 11.9. The van der Waals surface area contributed by atoms with E-state index in [0.29, 0.717) is 12.1 Å². The van der Waals surface area contributed by atoms with Crippen molar-refractivity contribution in [2.24, 2.45) is 0 Å². The van der Waals surface area contributed by atoms with Crippen molar-refractivity contribution in [1.82, 2.24) is 10.2 Å². The minimum absolute atomic E-state index is 0.108. The maximum absolute atomic E-state index is 11.9. The number of rotatable bonds is 5. The fraction of sp³-hybridized carbons (Fsp3) is 0.357. The summed E-state index contributed by atoms with van der Waals surface area (Å²) in [6.07, 6.45) is 0. The number of carbonyl (C=O) groups is 3. The largest absolute Gasteiger partial charge is 0.478 e. The Morgan fingerprint density at radius 1 is 1.20 bits per heavy atom. The van der Waals surface area contributed by atoms with Gasteiger partial charge in [-0.3, -0.25) is 9.59 Å². The predicted molar refractivity (Wildman–Crippen MR) is 73.6 cm³/mol. The number of amides is 2. The van der Waals surface area contributed by atoms with Crippen LogP contribution in [-0.4, -0.2) is 47.4 Å². The minimum atomic E-state index is -1.05. The Bertz CT molecular complexity index is 510. The lowest BCUT2D eigenvalue weighted by molar-refractivity contribution is -0.131. The van der Waals surface area contributed by atoms with Crippen molar-refractivity contribution in [3.8, 4) is 0 Å². The zero-order valence-electron chi connectivity index (χ0n) is 11.7. The summed E-state index contributed by atoms with van der Waals surface area (Å²) in [5.41, 5.74) is 0.421. The molecule has 0 bridgehead atoms. The first-order valence-electron chi connectivity index (χ1n) is 6.26. The van der Waals surface area contributed by atoms with Gasteiger partial charge in [-0.25, -0.2) is 4.79 Å². The van der Waals surface area contributed by atoms with Gasteiger partial charge in [-0.1, -0.05) is 0 Å². The van der Waals surface area contributed by atoms with Crippen LogP contribution in [0, 0.1) is 0 Å². The molecular weight excluding hydrogens is 260 g/mol. The highest BCUT2D eigenvalue weighted by Gasteiger charge is 2.19. The molecule has 0 radical (unpaired) electrons. The average molecular weight is 278 g/mol. The molecule has 0 aliphatic heterocycles. The third-order valence-corrected chi connectivity index (χ3v) is 2.96. The van der Waals surface area contributed by atoms with Gasteiger partial charge < -0.3 is 15.3 Å². The number of nitrogens with one attached hydrogen (secondary N) is 1. The molecule has 6 heteroatoms. The van der Waals surface area contributed by atoms with Gasteiger partial charge in [0.15, 0.2) is 0 Å². The average Bonchev–Trinajstić information content (AvgIpc) is 2.45. The molecule has 0 aliphatic carbocycles. The zero-order chi connectivity index (χ0) is 15.3. The number of hydrogen-bond acceptors (Lipinski definition) is 3. The van der Waals surface area contributed by atoms with Crippen LogP contribution in [0.25, 0.3) is 0 Å². The lowest BCUT2D eigenvalue weighted by Gasteiger charge is -2.20. The first-order chi connectivity index (χ1) is 9.36. The van der Waals surface area contributed by atoms with E-state index in [9.17, 15) is 14.4 Å². The number of benzene rings is 1. The Morgan fingerprint density at radius 3 is 2.15 bits per heavy atom. The minimum Gasteiger partial charge on any atom is -0.478 e. The van der Waals surface area contributed by atoms with E-state index >= 15 is 0 Å². The molecule has 108 valence electrons. The van der Waals surface area contributed by atoms with E-state index in [1.54, 1.807) is 14.0 Å². The monoisotopic (exact) mass is 278 g/mol. The number of hydrogen-bond donors (Lipinski definition) is 2. The van der Waals surface area contributed by atoms with Crippen molar-refractivity contribution < 1.29 is 19.5 Å². The molecule has 0 spiro atoms. The molecule has 1 unspecified atom stereocenters. The predicted octanol–water partition coefficient (Wildman–Crippen LogP) is 0.981. The second kappa shape index (κ2) is 6.70. The number of aromatic carboxylic acids is 1. The Kier molecular flexibility index (Phi) is 5.25. The molecule has 0 saturated heterocycles. The van der Waals surface area contributed by atoms with Gasteiger partial charge in [0.2, 0.25) is 5.91 Å². The number of likely N-dealkylation sites (N-methyl/N-ethyl adjacent to an activating group) is 1. The highest BCUT2D eigenvalue weighted by molar-refractivity contribution is 5.98. The molecule has 1 aromatic carbocycles. The van der Waals surface area contributed by atoms with E-state index in [4.69, 9.17) is 5.11 Å². The molecule has 0 fully saturated rings. The summed E-state index contributed by atoms with van der Waals surface area (Å²) in [5.74, 6) is -1.64. The van der Waals surface area contributed by atoms with E-state index in [1.807, 2.05) is 6.92 Å². The topological polar surface area (TPSA) is 86.7 Å². The Morgan fingerprint density at radius 2 is 1.70 bits per heavy atom. The summed E-state index contributed by atoms with van der Waals surface area (Å²) in [6, 6.07) is 4.90. The summed E-state index contributed by atoms with van der Waals surface area (Å²) in [4.78, 5) is 36.0. The maximum Gasteiger partial charge on any atom is 0.335 e. The second-order valence-corrected chi connectivity index (χ2v) is 4.43. The van der Waals surface area contributed by atoms with E-state index in [-0.39, 0.29) is 11.5 Å². The van der Waals surface area contributed by atoms with Gasteiger partial charge in [0.1, 0.15) is 6.04 Å². The van der Waals surface area contributed by atoms with Crippen LogP contribution in [-0.2, 0) is 4.79 Å². The highest BCUT2D eigenvalue weighted by atomic mass is 16.4. The van der Waals surface area contributed by atoms with Crippen molar-refractivity contribution in [2.75, 3.05) is 13.6 Å². The zero-order valence-corrected chi connectivity index (χ0v) is 11.7. The van der Waals surface area contributed by atoms with Crippen molar-refractivity contribution in [1.29, 1.82) is 0 Å². The van der Waals surface area contributed by atoms with Gasteiger partial charge in [-0.2, -0.15) is 0 Å². The van der Waals surface area contributed by atoms with Crippen LogP contribution in [0.4, 0.5) is 0 Å². The van der Waals surface area contributed by atoms with E-state index in [1.165, 1.54) is 29.2 Å². The fourth-order valence-electron chi connectivity index (χ4n) is 1.59. The summed E-state index contributed by atoms with van der Waals surface area (Å²) >= 11 is 0. The van der Waals surface area contributed by atoms with Gasteiger partial charge >= 0.3 is 5.97 Å². The van der Waals surface area contributed by atoms with Crippen molar-refractivity contribution >= 4 is 17.8 Å². The molecule has 2 amide bonds. The van der Waals surface area contributed by atoms with Crippen LogP contribution in [0.3, 0.4) is 0 Å². The molecule has 0 heterocycles. The molecule has 1 rings (SSSR count). The van der Waals surface area contributed by atoms with E-state index in [2.05, 4.69) is 5.32 Å². The molecule has 0 aromatic heterocycles. The highest BCUT2D eigenvalue weighted by Crippen LogP contribution is 2.05. The van der Waals surface area contributed by atoms with Crippen molar-refractivity contribution in [2.45, 2.75) is 19.9 Å². The summed E-state index contributed by atoms with van der Waals surface area (Å²) in [6.45, 7) is 4.02. The molecule has 0 aliphatic rings. The van der Waals surface area contributed by atoms with Gasteiger partial charge in [-0.05, 0) is 38.1 Å². The molecule has 2 N–H and O–H groups in total. The Balaban J connectivity index is 2.71. The van der Waals surface area contributed by atoms with Crippen molar-refractivity contribution in [3.05, 3.63) is 35.4 Å². The summed E-state index contributed by atoms with van der Waals surface area (Å²) in [5, 5.41) is 11.4. The van der Waals surface area contributed by atoms with Gasteiger partial charge in [0.25, 0.3) is 5.91 Å². The fourth-order valence-corrected chi connectivity index (χ4v) is 1.59. The number of carboxylic acid groups (broad SMARTS) is 1. The van der Waals surface area contributed by atoms with Crippen LogP contribution in [0.1, 0.15) is 34.6 Å². The third kappa shape index (κ3) is 3.81. The first kappa shape index (κ1) is 15.7. The quantitative estimate of drug-likeness (QED) is 0.840. The normalized spacial score (nSPS) is 11.6. The second-order valence-electron chi connectivity index (χ2n) is 4.43. The Hall–Kier alpha value is -2.37. The Labute approximate surface area is 117 Å². The molecule has 20 heavy (non-hydrogen) atoms. The standard InChI is InChI=1S/C14H18N2O4/c1-4-16(3)13(18)9(2)15-12(17)10-5-7-11(8-6-10)14(19)20/h5-9H,4H2,1-3H3,(H,15,17)(H,19,20). The van der Waals surface area contributed by atoms with Crippen molar-refractivity contribution in [3.63, 3.8) is 0 Å². The molecule has 0 saturated carbocycles. The smallest absolute Gasteiger partial charge is 0.335 e. The molecule has 1 aromatic rings. The number of nitrogens with zero attached hydrogens (tertiary/aromatic N) is 1. The lowest BCUT2D eigenvalue weighted by Crippen LogP contribution is -2.45. The van der Waals surface area contributed by atoms with Crippen LogP contribution in [0.2, 0.25) is 0 Å². The number of carbonyl (C=O) groups excluding carboxylic acids is 2. The van der Waals surface area contributed by atoms with Crippen LogP contribution in [0.5, 0.6) is 0 Å². The van der Waals surface area contributed by atoms with Crippen LogP contribution < -0.4 is 5.32 Å². The summed E-state index contributed by atoms with van der Waals surface area (Å²) in [7, 11) is 1.66. The van der Waals surface area contributed by atoms with Crippen LogP contribution in [0.15, 0.2) is 24.3 Å². The lowest BCUT2D eigenvalue weighted by atomic mass is 10.1. The first-order valence-corrected chi connectivity index (χ1v) is 6.26. The van der Waals surface area contributed by atoms with E-state index in [0.717, 1.165) is 0 Å². The van der Waals surface area contributed by atoms with Gasteiger partial charge in [-0.15, -0.1) is 0 Å². The van der Waals surface area contributed by atoms with Crippen LogP contribution >= 0.6 is 0 Å². The SMILES string of the molecule is CCN(C)C(=O)C(C)NC(=O)c1ccc(C(=O)O)cc1. The molecule has 1 atom stereocenters. The molecular formula is C14H18N2O4.